The highest BCUT2D eigenvalue weighted by Gasteiger charge is 2.41. The summed E-state index contributed by atoms with van der Waals surface area (Å²) >= 11 is 0. The van der Waals surface area contributed by atoms with Gasteiger partial charge in [-0.3, -0.25) is 28.8 Å². The molecule has 0 aliphatic carbocycles. The third-order valence-corrected chi connectivity index (χ3v) is 9.02. The van der Waals surface area contributed by atoms with Crippen LogP contribution in [0.4, 0.5) is 0 Å². The Bertz CT molecular complexity index is 1440. The summed E-state index contributed by atoms with van der Waals surface area (Å²) in [6.45, 7) is 5.96. The van der Waals surface area contributed by atoms with Crippen molar-refractivity contribution in [1.29, 1.82) is 0 Å². The summed E-state index contributed by atoms with van der Waals surface area (Å²) in [5.41, 5.74) is 0.188. The Balaban J connectivity index is 1.71. The second-order valence-electron chi connectivity index (χ2n) is 12.0. The van der Waals surface area contributed by atoms with Crippen LogP contribution in [0.25, 0.3) is 10.9 Å². The lowest BCUT2D eigenvalue weighted by Crippen LogP contribution is -2.62. The summed E-state index contributed by atoms with van der Waals surface area (Å²) in [6.07, 6.45) is 7.09. The maximum atomic E-state index is 14.0. The minimum Gasteiger partial charge on any atom is -0.361 e. The largest absolute Gasteiger partial charge is 0.361 e. The SMILES string of the molecule is CCC(=O)CCCCC[C@@H]1NC(=O)[C@H]2CCCCN2C(=O)[C@H]([C@@H](C)CC)NC(=O)[C@@H](c2c[nH]c3ccccc3c2=O)NC1=O. The predicted octanol–water partition coefficient (Wildman–Crippen LogP) is 3.03. The molecule has 2 aliphatic rings. The van der Waals surface area contributed by atoms with E-state index in [0.717, 1.165) is 12.8 Å². The molecule has 0 radical (unpaired) electrons. The van der Waals surface area contributed by atoms with Crippen LogP contribution in [0.2, 0.25) is 0 Å². The van der Waals surface area contributed by atoms with E-state index in [2.05, 4.69) is 20.9 Å². The van der Waals surface area contributed by atoms with E-state index < -0.39 is 47.3 Å². The summed E-state index contributed by atoms with van der Waals surface area (Å²) in [7, 11) is 0. The zero-order chi connectivity index (χ0) is 31.8. The number of carbonyl (C=O) groups is 5. The molecule has 238 valence electrons. The van der Waals surface area contributed by atoms with Crippen molar-refractivity contribution >= 4 is 40.3 Å². The number of H-pyrrole nitrogens is 1. The maximum absolute atomic E-state index is 14.0. The molecule has 11 heteroatoms. The second-order valence-corrected chi connectivity index (χ2v) is 12.0. The van der Waals surface area contributed by atoms with Crippen molar-refractivity contribution in [2.45, 2.75) is 109 Å². The monoisotopic (exact) mass is 607 g/mol. The van der Waals surface area contributed by atoms with Crippen LogP contribution in [-0.4, -0.2) is 64.0 Å². The van der Waals surface area contributed by atoms with E-state index in [1.165, 1.54) is 6.20 Å². The number of hydrogen-bond acceptors (Lipinski definition) is 6. The molecule has 1 aromatic carbocycles. The van der Waals surface area contributed by atoms with Crippen LogP contribution in [0.3, 0.4) is 0 Å². The van der Waals surface area contributed by atoms with Gasteiger partial charge in [0, 0.05) is 42.0 Å². The molecule has 11 nitrogen and oxygen atoms in total. The van der Waals surface area contributed by atoms with Crippen molar-refractivity contribution in [3.05, 3.63) is 46.2 Å². The van der Waals surface area contributed by atoms with E-state index in [9.17, 15) is 28.8 Å². The number of aromatic amines is 1. The zero-order valence-electron chi connectivity index (χ0n) is 25.9. The van der Waals surface area contributed by atoms with Gasteiger partial charge in [-0.2, -0.15) is 0 Å². The van der Waals surface area contributed by atoms with Crippen LogP contribution in [-0.2, 0) is 24.0 Å². The number of para-hydroxylation sites is 1. The van der Waals surface area contributed by atoms with E-state index in [-0.39, 0.29) is 29.6 Å². The third-order valence-electron chi connectivity index (χ3n) is 9.02. The van der Waals surface area contributed by atoms with Gasteiger partial charge in [0.1, 0.15) is 30.0 Å². The molecule has 2 saturated heterocycles. The van der Waals surface area contributed by atoms with Crippen LogP contribution in [0.5, 0.6) is 0 Å². The van der Waals surface area contributed by atoms with Crippen LogP contribution in [0.1, 0.15) is 96.6 Å². The highest BCUT2D eigenvalue weighted by atomic mass is 16.2. The number of hydrogen-bond donors (Lipinski definition) is 4. The fourth-order valence-corrected chi connectivity index (χ4v) is 6.05. The van der Waals surface area contributed by atoms with Crippen molar-refractivity contribution in [3.8, 4) is 0 Å². The molecule has 3 heterocycles. The lowest BCUT2D eigenvalue weighted by molar-refractivity contribution is -0.147. The Morgan fingerprint density at radius 3 is 2.45 bits per heavy atom. The van der Waals surface area contributed by atoms with Crippen molar-refractivity contribution in [3.63, 3.8) is 0 Å². The number of nitrogens with one attached hydrogen (secondary N) is 4. The summed E-state index contributed by atoms with van der Waals surface area (Å²) in [5.74, 6) is -2.11. The smallest absolute Gasteiger partial charge is 0.248 e. The molecule has 0 saturated carbocycles. The highest BCUT2D eigenvalue weighted by Crippen LogP contribution is 2.23. The molecular formula is C33H45N5O6. The Morgan fingerprint density at radius 1 is 0.932 bits per heavy atom. The van der Waals surface area contributed by atoms with Gasteiger partial charge in [-0.05, 0) is 50.2 Å². The summed E-state index contributed by atoms with van der Waals surface area (Å²) in [4.78, 5) is 85.4. The molecule has 2 aliphatic heterocycles. The lowest BCUT2D eigenvalue weighted by atomic mass is 9.93. The van der Waals surface area contributed by atoms with Gasteiger partial charge >= 0.3 is 0 Å². The normalized spacial score (nSPS) is 23.9. The van der Waals surface area contributed by atoms with Gasteiger partial charge in [-0.1, -0.05) is 52.2 Å². The number of Topliss-reactive ketones (excluding diaryl/α,β-unsaturated/α-hetero) is 1. The summed E-state index contributed by atoms with van der Waals surface area (Å²) in [5, 5.41) is 8.83. The number of ketones is 1. The zero-order valence-corrected chi connectivity index (χ0v) is 25.9. The first-order chi connectivity index (χ1) is 21.2. The molecule has 1 aromatic heterocycles. The molecule has 44 heavy (non-hydrogen) atoms. The fourth-order valence-electron chi connectivity index (χ4n) is 6.05. The van der Waals surface area contributed by atoms with E-state index >= 15 is 0 Å². The Kier molecular flexibility index (Phi) is 11.3. The van der Waals surface area contributed by atoms with E-state index in [4.69, 9.17) is 0 Å². The Morgan fingerprint density at radius 2 is 1.70 bits per heavy atom. The van der Waals surface area contributed by atoms with Crippen LogP contribution in [0.15, 0.2) is 35.3 Å². The van der Waals surface area contributed by atoms with Crippen LogP contribution < -0.4 is 21.4 Å². The van der Waals surface area contributed by atoms with Gasteiger partial charge in [0.05, 0.1) is 0 Å². The van der Waals surface area contributed by atoms with Gasteiger partial charge < -0.3 is 25.8 Å². The van der Waals surface area contributed by atoms with Crippen molar-refractivity contribution in [2.75, 3.05) is 6.54 Å². The first kappa shape index (κ1) is 32.9. The molecule has 0 bridgehead atoms. The molecule has 5 atom stereocenters. The van der Waals surface area contributed by atoms with Gasteiger partial charge in [0.2, 0.25) is 23.6 Å². The first-order valence-electron chi connectivity index (χ1n) is 16.0. The number of amides is 4. The number of benzene rings is 1. The van der Waals surface area contributed by atoms with E-state index in [0.29, 0.717) is 62.4 Å². The average molecular weight is 608 g/mol. The molecule has 2 fully saturated rings. The van der Waals surface area contributed by atoms with Gasteiger partial charge in [-0.15, -0.1) is 0 Å². The third kappa shape index (κ3) is 7.54. The number of fused-ring (bicyclic) bond motifs is 2. The molecule has 4 N–H and O–H groups in total. The molecule has 0 unspecified atom stereocenters. The van der Waals surface area contributed by atoms with Crippen LogP contribution >= 0.6 is 0 Å². The maximum Gasteiger partial charge on any atom is 0.248 e. The molecule has 4 amide bonds. The number of unbranched alkanes of at least 4 members (excludes halogenated alkanes) is 2. The molecule has 2 aromatic rings. The highest BCUT2D eigenvalue weighted by molar-refractivity contribution is 5.98. The number of pyridine rings is 1. The standard InChI is InChI=1S/C33H45N5O6/c1-4-20(3)27-33(44)38-18-12-11-17-26(38)31(42)35-25(16-8-6-7-13-21(39)5-2)30(41)37-28(32(43)36-27)23-19-34-24-15-10-9-14-22(24)29(23)40/h9-10,14-15,19-20,25-28H,4-8,11-13,16-18H2,1-3H3,(H,34,40)(H,35,42)(H,36,43)(H,37,41)/t20-,25-,26+,27-,28+/m0/s1. The Hall–Kier alpha value is -4.02. The number of aromatic nitrogens is 1. The number of piperidine rings is 1. The van der Waals surface area contributed by atoms with Gasteiger partial charge in [0.15, 0.2) is 5.43 Å². The van der Waals surface area contributed by atoms with Gasteiger partial charge in [0.25, 0.3) is 0 Å². The predicted molar refractivity (Wildman–Crippen MR) is 167 cm³/mol. The molecule has 4 rings (SSSR count). The average Bonchev–Trinajstić information content (AvgIpc) is 3.04. The van der Waals surface area contributed by atoms with Crippen molar-refractivity contribution < 1.29 is 24.0 Å². The summed E-state index contributed by atoms with van der Waals surface area (Å²) < 4.78 is 0. The van der Waals surface area contributed by atoms with Gasteiger partial charge in [-0.25, -0.2) is 0 Å². The first-order valence-corrected chi connectivity index (χ1v) is 16.0. The van der Waals surface area contributed by atoms with E-state index in [1.54, 1.807) is 29.2 Å². The number of nitrogens with zero attached hydrogens (tertiary/aromatic N) is 1. The minimum absolute atomic E-state index is 0.0287. The molecular weight excluding hydrogens is 562 g/mol. The van der Waals surface area contributed by atoms with E-state index in [1.807, 2.05) is 20.8 Å². The number of carbonyl (C=O) groups excluding carboxylic acids is 5. The van der Waals surface area contributed by atoms with Crippen molar-refractivity contribution in [2.24, 2.45) is 5.92 Å². The fraction of sp³-hybridized carbons (Fsp3) is 0.576. The molecule has 0 spiro atoms. The second kappa shape index (κ2) is 15.1. The van der Waals surface area contributed by atoms with Crippen LogP contribution in [0, 0.1) is 5.92 Å². The summed E-state index contributed by atoms with van der Waals surface area (Å²) in [6, 6.07) is 2.78. The quantitative estimate of drug-likeness (QED) is 0.304. The Labute approximate surface area is 257 Å². The van der Waals surface area contributed by atoms with Crippen molar-refractivity contribution in [1.82, 2.24) is 25.8 Å². The minimum atomic E-state index is -1.41. The lowest BCUT2D eigenvalue weighted by Gasteiger charge is -2.39. The topological polar surface area (TPSA) is 158 Å². The number of rotatable bonds is 10.